The van der Waals surface area contributed by atoms with E-state index in [0.29, 0.717) is 47.5 Å². The number of methoxy groups -OCH3 is 2. The molecule has 4 amide bonds. The van der Waals surface area contributed by atoms with Crippen LogP contribution in [-0.4, -0.2) is 134 Å². The van der Waals surface area contributed by atoms with Crippen LogP contribution in [0.3, 0.4) is 0 Å². The Kier molecular flexibility index (Phi) is 13.4. The van der Waals surface area contributed by atoms with E-state index in [2.05, 4.69) is 46.0 Å². The standard InChI is InChI=1S/C44H59FN12O6/c1-5-33-43(61)53(2)35-26-47-44(51-40(35)57(33)28-8-6-7-9-28)49-32-25-46-31(24-36(32)62-3)42(60)52-56-18-15-27(16-19-56)14-17-54-20-22-55(23-21-54)34-12-10-29(38(45)39(34)63-4)48-30-11-13-37(58)50-41(30)59/h10,12,24-28,30,33,48H,5-9,11,13-23H2,1-4H3,(H,52,60)(H,47,49,51)(H,50,58,59)/t30?,33-/m1/s1. The molecular weight excluding hydrogens is 812 g/mol. The molecule has 0 spiro atoms. The summed E-state index contributed by atoms with van der Waals surface area (Å²) >= 11 is 0. The fraction of sp³-hybridized carbons (Fsp3) is 0.568. The number of aromatic nitrogens is 3. The van der Waals surface area contributed by atoms with Crippen molar-refractivity contribution in [3.05, 3.63) is 42.1 Å². The Morgan fingerprint density at radius 3 is 2.38 bits per heavy atom. The van der Waals surface area contributed by atoms with Gasteiger partial charge in [0.15, 0.2) is 17.4 Å². The number of ether oxygens (including phenoxy) is 2. The molecule has 2 atom stereocenters. The normalized spacial score (nSPS) is 21.6. The monoisotopic (exact) mass is 870 g/mol. The zero-order chi connectivity index (χ0) is 44.2. The molecule has 3 aromatic rings. The molecule has 1 aliphatic carbocycles. The maximum absolute atomic E-state index is 15.6. The van der Waals surface area contributed by atoms with E-state index in [1.54, 1.807) is 43.6 Å². The molecule has 5 aliphatic rings. The predicted octanol–water partition coefficient (Wildman–Crippen LogP) is 4.06. The highest BCUT2D eigenvalue weighted by molar-refractivity contribution is 6.04. The van der Waals surface area contributed by atoms with Crippen molar-refractivity contribution in [2.75, 3.05) is 92.4 Å². The molecule has 8 rings (SSSR count). The third-order valence-electron chi connectivity index (χ3n) is 13.3. The summed E-state index contributed by atoms with van der Waals surface area (Å²) in [5.41, 5.74) is 5.29. The van der Waals surface area contributed by atoms with Gasteiger partial charge in [-0.15, -0.1) is 0 Å². The van der Waals surface area contributed by atoms with Crippen LogP contribution in [0.15, 0.2) is 30.6 Å². The third kappa shape index (κ3) is 9.44. The molecule has 4 N–H and O–H groups in total. The molecule has 0 radical (unpaired) electrons. The van der Waals surface area contributed by atoms with Crippen LogP contribution in [0, 0.1) is 11.7 Å². The molecule has 1 unspecified atom stereocenters. The number of likely N-dealkylation sites (N-methyl/N-ethyl adjacent to an activating group) is 1. The molecule has 18 nitrogen and oxygen atoms in total. The van der Waals surface area contributed by atoms with Crippen LogP contribution < -0.4 is 45.5 Å². The van der Waals surface area contributed by atoms with Crippen LogP contribution in [-0.2, 0) is 14.4 Å². The minimum absolute atomic E-state index is 0.0562. The number of hydrogen-bond donors (Lipinski definition) is 4. The van der Waals surface area contributed by atoms with E-state index in [1.807, 2.05) is 18.0 Å². The van der Waals surface area contributed by atoms with Crippen LogP contribution in [0.4, 0.5) is 38.9 Å². The lowest BCUT2D eigenvalue weighted by atomic mass is 9.94. The first-order valence-electron chi connectivity index (χ1n) is 22.3. The molecular formula is C44H59FN12O6. The summed E-state index contributed by atoms with van der Waals surface area (Å²) in [7, 11) is 4.76. The summed E-state index contributed by atoms with van der Waals surface area (Å²) in [6.45, 7) is 7.56. The van der Waals surface area contributed by atoms with E-state index < -0.39 is 17.8 Å². The van der Waals surface area contributed by atoms with Crippen LogP contribution in [0.1, 0.15) is 81.6 Å². The number of nitrogens with one attached hydrogen (secondary N) is 4. The molecule has 1 saturated carbocycles. The van der Waals surface area contributed by atoms with Gasteiger partial charge < -0.3 is 34.8 Å². The van der Waals surface area contributed by atoms with Gasteiger partial charge in [0.25, 0.3) is 5.91 Å². The highest BCUT2D eigenvalue weighted by Gasteiger charge is 2.41. The number of piperidine rings is 2. The highest BCUT2D eigenvalue weighted by Crippen LogP contribution is 2.41. The lowest BCUT2D eigenvalue weighted by Crippen LogP contribution is -2.55. The topological polar surface area (TPSA) is 190 Å². The smallest absolute Gasteiger partial charge is 0.284 e. The summed E-state index contributed by atoms with van der Waals surface area (Å²) in [5.74, 6) is 0.562. The molecule has 6 heterocycles. The number of carbonyl (C=O) groups is 4. The molecule has 4 aliphatic heterocycles. The zero-order valence-electron chi connectivity index (χ0n) is 36.6. The van der Waals surface area contributed by atoms with Crippen molar-refractivity contribution in [3.63, 3.8) is 0 Å². The number of hydrazine groups is 1. The summed E-state index contributed by atoms with van der Waals surface area (Å²) in [5, 5.41) is 10.4. The molecule has 1 aromatic carbocycles. The number of benzene rings is 1. The summed E-state index contributed by atoms with van der Waals surface area (Å²) in [4.78, 5) is 72.8. The Morgan fingerprint density at radius 2 is 1.68 bits per heavy atom. The maximum Gasteiger partial charge on any atom is 0.284 e. The molecule has 0 bridgehead atoms. The van der Waals surface area contributed by atoms with Crippen molar-refractivity contribution in [2.45, 2.75) is 89.3 Å². The Hall–Kier alpha value is -5.82. The van der Waals surface area contributed by atoms with Crippen molar-refractivity contribution < 1.29 is 33.0 Å². The van der Waals surface area contributed by atoms with E-state index in [0.717, 1.165) is 96.6 Å². The average Bonchev–Trinajstić information content (AvgIpc) is 3.84. The molecule has 4 fully saturated rings. The number of pyridine rings is 1. The third-order valence-corrected chi connectivity index (χ3v) is 13.3. The number of nitrogens with zero attached hydrogens (tertiary/aromatic N) is 8. The van der Waals surface area contributed by atoms with Gasteiger partial charge in [0, 0.05) is 64.8 Å². The first-order valence-corrected chi connectivity index (χ1v) is 22.3. The number of rotatable bonds is 14. The number of halogens is 1. The minimum atomic E-state index is -0.693. The number of amides is 4. The summed E-state index contributed by atoms with van der Waals surface area (Å²) in [6.07, 6.45) is 11.7. The number of piperazine rings is 1. The Balaban J connectivity index is 0.797. The zero-order valence-corrected chi connectivity index (χ0v) is 36.6. The predicted molar refractivity (Wildman–Crippen MR) is 236 cm³/mol. The quantitative estimate of drug-likeness (QED) is 0.170. The van der Waals surface area contributed by atoms with Crippen molar-refractivity contribution in [1.82, 2.24) is 35.6 Å². The Labute approximate surface area is 367 Å². The Bertz CT molecular complexity index is 2170. The van der Waals surface area contributed by atoms with Gasteiger partial charge in [-0.2, -0.15) is 4.98 Å². The van der Waals surface area contributed by atoms with Crippen LogP contribution in [0.5, 0.6) is 11.5 Å². The van der Waals surface area contributed by atoms with Gasteiger partial charge in [-0.05, 0) is 69.5 Å². The first kappa shape index (κ1) is 43.8. The first-order chi connectivity index (χ1) is 30.5. The van der Waals surface area contributed by atoms with Gasteiger partial charge >= 0.3 is 0 Å². The summed E-state index contributed by atoms with van der Waals surface area (Å²) < 4.78 is 26.8. The van der Waals surface area contributed by atoms with Gasteiger partial charge in [-0.25, -0.2) is 19.4 Å². The van der Waals surface area contributed by atoms with Gasteiger partial charge in [-0.3, -0.25) is 34.8 Å². The summed E-state index contributed by atoms with van der Waals surface area (Å²) in [6, 6.07) is 4.33. The van der Waals surface area contributed by atoms with Crippen LogP contribution in [0.25, 0.3) is 0 Å². The number of imide groups is 1. The van der Waals surface area contributed by atoms with Gasteiger partial charge in [0.2, 0.25) is 23.7 Å². The SMILES string of the molecule is CC[C@@H]1C(=O)N(C)c2cnc(Nc3cnc(C(=O)NN4CCC(CCN5CCN(c6ccc(NC7CCC(=O)NC7=O)c(F)c6OC)CC5)CC4)cc3OC)nc2N1C1CCCC1. The van der Waals surface area contributed by atoms with E-state index in [9.17, 15) is 19.2 Å². The number of fused-ring (bicyclic) bond motifs is 1. The lowest BCUT2D eigenvalue weighted by molar-refractivity contribution is -0.133. The highest BCUT2D eigenvalue weighted by atomic mass is 19.1. The van der Waals surface area contributed by atoms with Gasteiger partial charge in [-0.1, -0.05) is 19.8 Å². The van der Waals surface area contributed by atoms with E-state index >= 15 is 4.39 Å². The van der Waals surface area contributed by atoms with E-state index in [-0.39, 0.29) is 53.4 Å². The van der Waals surface area contributed by atoms with Crippen molar-refractivity contribution >= 4 is 58.1 Å². The number of anilines is 6. The average molecular weight is 871 g/mol. The van der Waals surface area contributed by atoms with Crippen molar-refractivity contribution in [3.8, 4) is 11.5 Å². The van der Waals surface area contributed by atoms with Gasteiger partial charge in [0.05, 0.1) is 38.0 Å². The molecule has 19 heteroatoms. The lowest BCUT2D eigenvalue weighted by Gasteiger charge is -2.43. The van der Waals surface area contributed by atoms with E-state index in [1.165, 1.54) is 7.11 Å². The molecule has 63 heavy (non-hydrogen) atoms. The van der Waals surface area contributed by atoms with Crippen LogP contribution >= 0.6 is 0 Å². The van der Waals surface area contributed by atoms with Crippen molar-refractivity contribution in [1.29, 1.82) is 0 Å². The second-order valence-electron chi connectivity index (χ2n) is 17.1. The molecule has 338 valence electrons. The second kappa shape index (κ2) is 19.3. The second-order valence-corrected chi connectivity index (χ2v) is 17.1. The van der Waals surface area contributed by atoms with Gasteiger partial charge in [0.1, 0.15) is 34.9 Å². The van der Waals surface area contributed by atoms with E-state index in [4.69, 9.17) is 14.5 Å². The fourth-order valence-corrected chi connectivity index (χ4v) is 9.62. The Morgan fingerprint density at radius 1 is 0.921 bits per heavy atom. The molecule has 2 aromatic heterocycles. The largest absolute Gasteiger partial charge is 0.494 e. The maximum atomic E-state index is 15.6. The fourth-order valence-electron chi connectivity index (χ4n) is 9.62. The van der Waals surface area contributed by atoms with Crippen LogP contribution in [0.2, 0.25) is 0 Å². The number of carbonyl (C=O) groups excluding carboxylic acids is 4. The minimum Gasteiger partial charge on any atom is -0.494 e. The molecule has 3 saturated heterocycles. The number of hydrogen-bond acceptors (Lipinski definition) is 15. The van der Waals surface area contributed by atoms with Crippen molar-refractivity contribution in [2.24, 2.45) is 5.92 Å².